The molecule has 0 amide bonds. The minimum absolute atomic E-state index is 0.0350. The number of nitrogens with two attached hydrogens (primary N) is 1. The van der Waals surface area contributed by atoms with E-state index in [1.165, 1.54) is 62.7 Å². The highest BCUT2D eigenvalue weighted by atomic mass is 33.1. The summed E-state index contributed by atoms with van der Waals surface area (Å²) >= 11 is 0. The van der Waals surface area contributed by atoms with Crippen LogP contribution >= 0.6 is 21.6 Å². The number of hydrogen-bond acceptors (Lipinski definition) is 6. The lowest BCUT2D eigenvalue weighted by molar-refractivity contribution is -0.122. The van der Waals surface area contributed by atoms with Gasteiger partial charge in [-0.25, -0.2) is 0 Å². The molecule has 6 aliphatic rings. The third-order valence-electron chi connectivity index (χ3n) is 10.9. The molecule has 0 radical (unpaired) electrons. The van der Waals surface area contributed by atoms with E-state index in [-0.39, 0.29) is 11.0 Å². The standard InChI is InChI=1S/C27H41N3OS2/c1-25-12-14-32-33-17-26(11-13-29-24(28)30-26)10-4-7-20-22-15-19(25)8-9-21(18-5-2-3-6-18)27(22,25)16-23(20)31/h18-19,21H,2-17H2,1H3,(H3,28,29,30)/t19-,21+,25+,26+,27+/m1/s1. The smallest absolute Gasteiger partial charge is 0.189 e. The first-order valence-electron chi connectivity index (χ1n) is 13.6. The van der Waals surface area contributed by atoms with E-state index < -0.39 is 0 Å². The first kappa shape index (κ1) is 22.8. The molecule has 0 aromatic heterocycles. The number of carbonyl (C=O) groups excluding carboxylic acids is 1. The fraction of sp³-hybridized carbons (Fsp3) is 0.852. The number of aliphatic imine (C=N–C) groups is 1. The van der Waals surface area contributed by atoms with E-state index in [4.69, 9.17) is 5.73 Å². The molecule has 4 aliphatic carbocycles. The summed E-state index contributed by atoms with van der Waals surface area (Å²) in [5, 5.41) is 3.57. The third-order valence-corrected chi connectivity index (χ3v) is 13.5. The zero-order valence-corrected chi connectivity index (χ0v) is 21.9. The van der Waals surface area contributed by atoms with E-state index in [1.54, 1.807) is 5.57 Å². The predicted molar refractivity (Wildman–Crippen MR) is 140 cm³/mol. The number of carbonyl (C=O) groups is 1. The summed E-state index contributed by atoms with van der Waals surface area (Å²) in [4.78, 5) is 18.1. The van der Waals surface area contributed by atoms with Crippen LogP contribution in [0.1, 0.15) is 90.4 Å². The van der Waals surface area contributed by atoms with Gasteiger partial charge in [-0.05, 0) is 80.1 Å². The molecule has 6 heteroatoms. The van der Waals surface area contributed by atoms with E-state index in [0.29, 0.717) is 17.2 Å². The van der Waals surface area contributed by atoms with Crippen molar-refractivity contribution in [3.8, 4) is 0 Å². The second kappa shape index (κ2) is 8.50. The van der Waals surface area contributed by atoms with Crippen LogP contribution in [0.25, 0.3) is 0 Å². The Kier molecular flexibility index (Phi) is 5.88. The summed E-state index contributed by atoms with van der Waals surface area (Å²) in [6, 6.07) is 0. The Morgan fingerprint density at radius 2 is 1.91 bits per heavy atom. The minimum atomic E-state index is 0.0350. The lowest BCUT2D eigenvalue weighted by Gasteiger charge is -2.55. The molecular weight excluding hydrogens is 446 g/mol. The summed E-state index contributed by atoms with van der Waals surface area (Å²) < 4.78 is 0. The Bertz CT molecular complexity index is 881. The van der Waals surface area contributed by atoms with E-state index in [9.17, 15) is 4.79 Å². The van der Waals surface area contributed by atoms with Crippen molar-refractivity contribution in [2.75, 3.05) is 18.1 Å². The molecule has 182 valence electrons. The van der Waals surface area contributed by atoms with Gasteiger partial charge in [-0.2, -0.15) is 0 Å². The van der Waals surface area contributed by atoms with Crippen LogP contribution in [-0.2, 0) is 4.79 Å². The Morgan fingerprint density at radius 3 is 2.73 bits per heavy atom. The second-order valence-corrected chi connectivity index (χ2v) is 14.8. The van der Waals surface area contributed by atoms with Gasteiger partial charge in [0.2, 0.25) is 0 Å². The fourth-order valence-electron chi connectivity index (χ4n) is 9.34. The Balaban J connectivity index is 1.36. The van der Waals surface area contributed by atoms with Crippen molar-refractivity contribution in [3.05, 3.63) is 11.1 Å². The number of allylic oxidation sites excluding steroid dienone is 2. The average molecular weight is 488 g/mol. The topological polar surface area (TPSA) is 67.5 Å². The maximum Gasteiger partial charge on any atom is 0.189 e. The first-order valence-corrected chi connectivity index (χ1v) is 16.0. The normalized spacial score (nSPS) is 44.3. The highest BCUT2D eigenvalue weighted by Crippen LogP contribution is 2.75. The Labute approximate surface area is 207 Å². The van der Waals surface area contributed by atoms with Crippen LogP contribution in [0.15, 0.2) is 16.1 Å². The van der Waals surface area contributed by atoms with E-state index in [0.717, 1.165) is 62.2 Å². The number of guanidine groups is 1. The van der Waals surface area contributed by atoms with Gasteiger partial charge in [0.15, 0.2) is 11.7 Å². The Hall–Kier alpha value is -0.620. The van der Waals surface area contributed by atoms with Gasteiger partial charge < -0.3 is 11.1 Å². The Morgan fingerprint density at radius 1 is 1.06 bits per heavy atom. The van der Waals surface area contributed by atoms with Crippen molar-refractivity contribution >= 4 is 33.3 Å². The molecular formula is C27H41N3OS2. The van der Waals surface area contributed by atoms with Crippen LogP contribution < -0.4 is 11.1 Å². The van der Waals surface area contributed by atoms with Crippen LogP contribution in [0.3, 0.4) is 0 Å². The van der Waals surface area contributed by atoms with Crippen molar-refractivity contribution in [3.63, 3.8) is 0 Å². The molecule has 2 heterocycles. The molecule has 5 bridgehead atoms. The fourth-order valence-corrected chi connectivity index (χ4v) is 12.2. The van der Waals surface area contributed by atoms with Gasteiger partial charge in [-0.15, -0.1) is 0 Å². The molecule has 0 saturated heterocycles. The predicted octanol–water partition coefficient (Wildman–Crippen LogP) is 5.87. The van der Waals surface area contributed by atoms with Gasteiger partial charge in [0.1, 0.15) is 0 Å². The zero-order chi connectivity index (χ0) is 22.7. The number of nitrogens with one attached hydrogen (secondary N) is 1. The van der Waals surface area contributed by atoms with Crippen LogP contribution in [-0.4, -0.2) is 35.3 Å². The molecule has 2 aliphatic heterocycles. The molecule has 3 N–H and O–H groups in total. The summed E-state index contributed by atoms with van der Waals surface area (Å²) in [7, 11) is 4.11. The summed E-state index contributed by atoms with van der Waals surface area (Å²) in [5.41, 5.74) is 9.60. The summed E-state index contributed by atoms with van der Waals surface area (Å²) in [6.45, 7) is 3.44. The maximum atomic E-state index is 13.7. The maximum absolute atomic E-state index is 13.7. The van der Waals surface area contributed by atoms with Crippen molar-refractivity contribution in [2.45, 2.75) is 95.9 Å². The van der Waals surface area contributed by atoms with Gasteiger partial charge in [-0.3, -0.25) is 9.79 Å². The quantitative estimate of drug-likeness (QED) is 0.453. The third kappa shape index (κ3) is 3.47. The van der Waals surface area contributed by atoms with Crippen molar-refractivity contribution < 1.29 is 4.79 Å². The first-order chi connectivity index (χ1) is 16.0. The van der Waals surface area contributed by atoms with Gasteiger partial charge in [0.25, 0.3) is 0 Å². The number of hydrogen-bond donors (Lipinski definition) is 2. The van der Waals surface area contributed by atoms with Crippen LogP contribution in [0.4, 0.5) is 0 Å². The lowest BCUT2D eigenvalue weighted by atomic mass is 9.48. The number of ketones is 1. The molecule has 2 spiro atoms. The largest absolute Gasteiger partial charge is 0.370 e. The molecule has 4 nitrogen and oxygen atoms in total. The van der Waals surface area contributed by atoms with E-state index in [1.807, 2.05) is 10.8 Å². The van der Waals surface area contributed by atoms with Crippen molar-refractivity contribution in [2.24, 2.45) is 39.3 Å². The van der Waals surface area contributed by atoms with Gasteiger partial charge >= 0.3 is 0 Å². The van der Waals surface area contributed by atoms with Gasteiger partial charge in [0, 0.05) is 29.9 Å². The van der Waals surface area contributed by atoms with Crippen LogP contribution in [0, 0.1) is 28.6 Å². The SMILES string of the molecule is C[C@]12CCSSC[C@]3(CCCC4=C5C[C@H]1CC[C@@H](C1CCCC1)[C@@]52CC4=O)CCN=C(N)N3. The number of rotatable bonds is 1. The summed E-state index contributed by atoms with van der Waals surface area (Å²) in [6.07, 6.45) is 15.9. The molecule has 3 fully saturated rings. The average Bonchev–Trinajstić information content (AvgIpc) is 3.42. The molecule has 6 rings (SSSR count). The van der Waals surface area contributed by atoms with Crippen LogP contribution in [0.5, 0.6) is 0 Å². The minimum Gasteiger partial charge on any atom is -0.370 e. The van der Waals surface area contributed by atoms with Crippen LogP contribution in [0.2, 0.25) is 0 Å². The number of Topliss-reactive ketones (excluding diaryl/α,β-unsaturated/α-hetero) is 1. The molecule has 3 saturated carbocycles. The van der Waals surface area contributed by atoms with Gasteiger partial charge in [-0.1, -0.05) is 59.8 Å². The second-order valence-electron chi connectivity index (χ2n) is 12.2. The summed E-state index contributed by atoms with van der Waals surface area (Å²) in [5.74, 6) is 5.81. The molecule has 5 atom stereocenters. The van der Waals surface area contributed by atoms with Crippen molar-refractivity contribution in [1.29, 1.82) is 0 Å². The molecule has 0 unspecified atom stereocenters. The zero-order valence-electron chi connectivity index (χ0n) is 20.3. The van der Waals surface area contributed by atoms with E-state index >= 15 is 0 Å². The highest BCUT2D eigenvalue weighted by Gasteiger charge is 2.69. The molecule has 0 aromatic rings. The molecule has 0 aromatic carbocycles. The molecule has 33 heavy (non-hydrogen) atoms. The van der Waals surface area contributed by atoms with Gasteiger partial charge in [0.05, 0.1) is 5.54 Å². The van der Waals surface area contributed by atoms with Crippen molar-refractivity contribution in [1.82, 2.24) is 5.32 Å². The number of nitrogens with zero attached hydrogens (tertiary/aromatic N) is 1. The highest BCUT2D eigenvalue weighted by molar-refractivity contribution is 8.76. The van der Waals surface area contributed by atoms with E-state index in [2.05, 4.69) is 28.0 Å². The lowest BCUT2D eigenvalue weighted by Crippen LogP contribution is -2.56. The monoisotopic (exact) mass is 487 g/mol.